The molecule has 0 unspecified atom stereocenters. The number of amides is 1. The lowest BCUT2D eigenvalue weighted by Crippen LogP contribution is -2.41. The Labute approximate surface area is 263 Å². The molecule has 8 heteroatoms. The molecule has 0 aliphatic heterocycles. The Kier molecular flexibility index (Phi) is 9.32. The van der Waals surface area contributed by atoms with Gasteiger partial charge in [0.1, 0.15) is 11.8 Å². The van der Waals surface area contributed by atoms with E-state index in [-0.39, 0.29) is 24.2 Å². The third-order valence-corrected chi connectivity index (χ3v) is 11.1. The summed E-state index contributed by atoms with van der Waals surface area (Å²) < 4.78 is 5.34. The summed E-state index contributed by atoms with van der Waals surface area (Å²) in [6.07, 6.45) is 11.8. The van der Waals surface area contributed by atoms with Crippen molar-refractivity contribution in [2.24, 2.45) is 17.8 Å². The van der Waals surface area contributed by atoms with Crippen LogP contribution in [-0.2, 0) is 9.59 Å². The maximum Gasteiger partial charge on any atom is 0.303 e. The first-order chi connectivity index (χ1) is 21.4. The smallest absolute Gasteiger partial charge is 0.303 e. The van der Waals surface area contributed by atoms with Gasteiger partial charge < -0.3 is 14.7 Å². The van der Waals surface area contributed by atoms with E-state index in [2.05, 4.69) is 41.4 Å². The third kappa shape index (κ3) is 6.99. The number of anilines is 1. The van der Waals surface area contributed by atoms with Crippen LogP contribution in [0.15, 0.2) is 48.7 Å². The predicted octanol–water partition coefficient (Wildman–Crippen LogP) is 8.16. The molecule has 0 spiro atoms. The number of hydrogen-bond donors (Lipinski definition) is 1. The van der Waals surface area contributed by atoms with E-state index in [0.717, 1.165) is 67.5 Å². The van der Waals surface area contributed by atoms with Gasteiger partial charge in [-0.3, -0.25) is 9.59 Å². The highest BCUT2D eigenvalue weighted by Crippen LogP contribution is 2.44. The van der Waals surface area contributed by atoms with Crippen LogP contribution in [0.2, 0.25) is 0 Å². The van der Waals surface area contributed by atoms with Crippen molar-refractivity contribution < 1.29 is 19.4 Å². The highest BCUT2D eigenvalue weighted by Gasteiger charge is 2.33. The second kappa shape index (κ2) is 13.5. The summed E-state index contributed by atoms with van der Waals surface area (Å²) in [6, 6.07) is 16.6. The topological polar surface area (TPSA) is 104 Å². The molecule has 0 bridgehead atoms. The Balaban J connectivity index is 1.18. The number of carbonyl (C=O) groups is 2. The summed E-state index contributed by atoms with van der Waals surface area (Å²) >= 11 is 1.77. The summed E-state index contributed by atoms with van der Waals surface area (Å²) in [7, 11) is 1.59. The summed E-state index contributed by atoms with van der Waals surface area (Å²) in [5.41, 5.74) is 3.81. The van der Waals surface area contributed by atoms with Crippen LogP contribution in [0.5, 0.6) is 5.75 Å². The fourth-order valence-electron chi connectivity index (χ4n) is 7.17. The van der Waals surface area contributed by atoms with Gasteiger partial charge in [0.15, 0.2) is 0 Å². The molecule has 7 nitrogen and oxygen atoms in total. The van der Waals surface area contributed by atoms with Crippen LogP contribution in [0.3, 0.4) is 0 Å². The lowest BCUT2D eigenvalue weighted by molar-refractivity contribution is -0.138. The van der Waals surface area contributed by atoms with Crippen molar-refractivity contribution in [2.75, 3.05) is 18.6 Å². The third-order valence-electron chi connectivity index (χ3n) is 9.92. The number of nitrogens with zero attached hydrogens (tertiary/aromatic N) is 3. The monoisotopic (exact) mass is 611 g/mol. The number of carboxylic acids is 1. The van der Waals surface area contributed by atoms with Gasteiger partial charge in [0.05, 0.1) is 22.6 Å². The minimum atomic E-state index is -0.750. The Morgan fingerprint density at radius 2 is 1.70 bits per heavy atom. The van der Waals surface area contributed by atoms with Gasteiger partial charge in [-0.2, -0.15) is 5.26 Å². The van der Waals surface area contributed by atoms with Crippen molar-refractivity contribution in [2.45, 2.75) is 82.5 Å². The quantitative estimate of drug-likeness (QED) is 0.248. The molecule has 1 aromatic heterocycles. The van der Waals surface area contributed by atoms with Crippen LogP contribution in [0.4, 0.5) is 5.69 Å². The van der Waals surface area contributed by atoms with Gasteiger partial charge in [-0.05, 0) is 117 Å². The molecule has 230 valence electrons. The Bertz CT molecular complexity index is 1520. The lowest BCUT2D eigenvalue weighted by atomic mass is 9.77. The number of carbonyl (C=O) groups excluding carboxylic acids is 1. The number of methoxy groups -OCH3 is 1. The van der Waals surface area contributed by atoms with Crippen LogP contribution < -0.4 is 9.64 Å². The van der Waals surface area contributed by atoms with Gasteiger partial charge in [0.2, 0.25) is 5.91 Å². The van der Waals surface area contributed by atoms with Crippen molar-refractivity contribution in [1.29, 1.82) is 5.26 Å². The van der Waals surface area contributed by atoms with Crippen molar-refractivity contribution in [1.82, 2.24) is 4.98 Å². The van der Waals surface area contributed by atoms with Gasteiger partial charge in [-0.1, -0.05) is 18.2 Å². The summed E-state index contributed by atoms with van der Waals surface area (Å²) in [4.78, 5) is 33.4. The van der Waals surface area contributed by atoms with Gasteiger partial charge in [-0.25, -0.2) is 4.98 Å². The molecule has 1 N–H and O–H groups in total. The van der Waals surface area contributed by atoms with Gasteiger partial charge in [-0.15, -0.1) is 11.3 Å². The number of aliphatic carboxylic acids is 1. The molecular weight excluding hydrogens is 570 g/mol. The average Bonchev–Trinajstić information content (AvgIpc) is 3.79. The zero-order valence-corrected chi connectivity index (χ0v) is 26.2. The number of hydrogen-bond acceptors (Lipinski definition) is 6. The molecule has 0 atom stereocenters. The van der Waals surface area contributed by atoms with E-state index in [1.165, 1.54) is 23.4 Å². The highest BCUT2D eigenvalue weighted by atomic mass is 32.1. The van der Waals surface area contributed by atoms with E-state index in [9.17, 15) is 20.0 Å². The first-order valence-electron chi connectivity index (χ1n) is 16.1. The summed E-state index contributed by atoms with van der Waals surface area (Å²) in [5, 5.41) is 20.0. The molecule has 1 heterocycles. The largest absolute Gasteiger partial charge is 0.495 e. The number of ether oxygens (including phenoxy) is 1. The second-order valence-electron chi connectivity index (χ2n) is 12.9. The van der Waals surface area contributed by atoms with E-state index in [0.29, 0.717) is 35.6 Å². The van der Waals surface area contributed by atoms with Gasteiger partial charge in [0.25, 0.3) is 0 Å². The van der Waals surface area contributed by atoms with Crippen LogP contribution in [-0.4, -0.2) is 35.6 Å². The predicted molar refractivity (Wildman–Crippen MR) is 172 cm³/mol. The highest BCUT2D eigenvalue weighted by molar-refractivity contribution is 7.15. The fourth-order valence-corrected chi connectivity index (χ4v) is 8.26. The minimum absolute atomic E-state index is 0.0754. The van der Waals surface area contributed by atoms with Gasteiger partial charge in [0, 0.05) is 36.7 Å². The van der Waals surface area contributed by atoms with E-state index in [1.807, 2.05) is 23.2 Å². The van der Waals surface area contributed by atoms with E-state index in [4.69, 9.17) is 4.74 Å². The van der Waals surface area contributed by atoms with E-state index >= 15 is 0 Å². The standard InChI is InChI=1S/C36H41N3O4S/c1-43-32-16-15-28(18-30(32)20-37)25-9-7-24(8-10-25)22-39(36(42)27-11-5-23(6-12-27)17-34(40)41)31-4-2-3-29(19-31)33-21-38-35(44-33)26-13-14-26/h2-4,15-16,18-19,21,23-27H,5-14,17,22H2,1H3,(H,40,41). The average molecular weight is 612 g/mol. The Hall–Kier alpha value is -3.70. The molecule has 6 rings (SSSR count). The molecule has 2 aromatic carbocycles. The zero-order valence-electron chi connectivity index (χ0n) is 25.4. The maximum absolute atomic E-state index is 14.2. The molecule has 3 aliphatic rings. The molecule has 3 saturated carbocycles. The van der Waals surface area contributed by atoms with Crippen molar-refractivity contribution in [3.63, 3.8) is 0 Å². The number of thiazole rings is 1. The first-order valence-corrected chi connectivity index (χ1v) is 16.9. The normalized spacial score (nSPS) is 23.5. The van der Waals surface area contributed by atoms with Crippen molar-refractivity contribution >= 4 is 28.9 Å². The summed E-state index contributed by atoms with van der Waals surface area (Å²) in [6.45, 7) is 0.687. The molecule has 1 amide bonds. The summed E-state index contributed by atoms with van der Waals surface area (Å²) in [5.74, 6) is 1.53. The number of carboxylic acid groups (broad SMARTS) is 1. The fraction of sp³-hybridized carbons (Fsp3) is 0.500. The Morgan fingerprint density at radius 3 is 2.39 bits per heavy atom. The lowest BCUT2D eigenvalue weighted by Gasteiger charge is -2.36. The van der Waals surface area contributed by atoms with Crippen molar-refractivity contribution in [3.8, 4) is 22.3 Å². The second-order valence-corrected chi connectivity index (χ2v) is 14.0. The zero-order chi connectivity index (χ0) is 30.6. The Morgan fingerprint density at radius 1 is 0.977 bits per heavy atom. The van der Waals surface area contributed by atoms with E-state index < -0.39 is 5.97 Å². The minimum Gasteiger partial charge on any atom is -0.495 e. The number of benzene rings is 2. The maximum atomic E-state index is 14.2. The van der Waals surface area contributed by atoms with Crippen molar-refractivity contribution in [3.05, 3.63) is 64.8 Å². The molecule has 44 heavy (non-hydrogen) atoms. The van der Waals surface area contributed by atoms with E-state index in [1.54, 1.807) is 18.4 Å². The number of rotatable bonds is 10. The van der Waals surface area contributed by atoms with Crippen LogP contribution in [0, 0.1) is 29.1 Å². The van der Waals surface area contributed by atoms with Crippen LogP contribution >= 0.6 is 11.3 Å². The first kappa shape index (κ1) is 30.3. The molecule has 0 saturated heterocycles. The van der Waals surface area contributed by atoms with Crippen LogP contribution in [0.25, 0.3) is 10.4 Å². The van der Waals surface area contributed by atoms with Crippen LogP contribution in [0.1, 0.15) is 98.6 Å². The number of aromatic nitrogens is 1. The molecule has 0 radical (unpaired) electrons. The molecule has 3 aliphatic carbocycles. The molecule has 3 fully saturated rings. The molecule has 3 aromatic rings. The molecular formula is C36H41N3O4S. The SMILES string of the molecule is COc1ccc(C2CCC(CN(C(=O)C3CCC(CC(=O)O)CC3)c3cccc(-c4cnc(C5CC5)s4)c3)CC2)cc1C#N. The van der Waals surface area contributed by atoms with Gasteiger partial charge >= 0.3 is 5.97 Å². The number of nitriles is 1.